The maximum atomic E-state index is 12.9. The lowest BCUT2D eigenvalue weighted by molar-refractivity contribution is -0.147. The Kier molecular flexibility index (Phi) is 8.53. The molecule has 8 heteroatoms. The van der Waals surface area contributed by atoms with Crippen LogP contribution in [0.2, 0.25) is 0 Å². The van der Waals surface area contributed by atoms with Crippen molar-refractivity contribution in [3.63, 3.8) is 0 Å². The molecule has 2 amide bonds. The summed E-state index contributed by atoms with van der Waals surface area (Å²) >= 11 is 0. The van der Waals surface area contributed by atoms with Crippen molar-refractivity contribution in [3.05, 3.63) is 84.7 Å². The Morgan fingerprint density at radius 3 is 1.94 bits per heavy atom. The van der Waals surface area contributed by atoms with E-state index in [4.69, 9.17) is 9.47 Å². The molecule has 170 valence electrons. The summed E-state index contributed by atoms with van der Waals surface area (Å²) in [6.45, 7) is -0.428. The Balaban J connectivity index is 1.31. The molecule has 0 heterocycles. The first kappa shape index (κ1) is 23.5. The second-order valence-corrected chi connectivity index (χ2v) is 7.06. The van der Waals surface area contributed by atoms with Gasteiger partial charge in [0.25, 0.3) is 5.91 Å². The molecule has 0 spiro atoms. The maximum Gasteiger partial charge on any atom is 0.306 e. The van der Waals surface area contributed by atoms with Crippen LogP contribution in [0.3, 0.4) is 0 Å². The van der Waals surface area contributed by atoms with E-state index in [0.29, 0.717) is 22.9 Å². The third-order valence-electron chi connectivity index (χ3n) is 4.39. The van der Waals surface area contributed by atoms with E-state index in [9.17, 15) is 18.8 Å². The van der Waals surface area contributed by atoms with E-state index >= 15 is 0 Å². The molecule has 3 aromatic carbocycles. The largest absolute Gasteiger partial charge is 0.457 e. The number of rotatable bonds is 10. The van der Waals surface area contributed by atoms with E-state index in [1.807, 2.05) is 30.3 Å². The van der Waals surface area contributed by atoms with Crippen LogP contribution in [0.15, 0.2) is 78.9 Å². The van der Waals surface area contributed by atoms with E-state index in [0.717, 1.165) is 0 Å². The van der Waals surface area contributed by atoms with Crippen LogP contribution in [0, 0.1) is 5.82 Å². The highest BCUT2D eigenvalue weighted by Crippen LogP contribution is 2.22. The number of amides is 2. The van der Waals surface area contributed by atoms with E-state index in [1.54, 1.807) is 24.3 Å². The first-order valence-electron chi connectivity index (χ1n) is 10.3. The minimum atomic E-state index is -0.577. The number of ether oxygens (including phenoxy) is 2. The highest BCUT2D eigenvalue weighted by molar-refractivity contribution is 5.93. The summed E-state index contributed by atoms with van der Waals surface area (Å²) in [6.07, 6.45) is 0.349. The average molecular weight is 450 g/mol. The number of esters is 1. The highest BCUT2D eigenvalue weighted by atomic mass is 19.1. The molecular weight excluding hydrogens is 427 g/mol. The number of carbonyl (C=O) groups is 3. The fourth-order valence-corrected chi connectivity index (χ4v) is 2.80. The summed E-state index contributed by atoms with van der Waals surface area (Å²) in [6, 6.07) is 21.5. The number of para-hydroxylation sites is 1. The standard InChI is InChI=1S/C25H23FN2O5/c26-18-9-11-19(12-10-18)27-23(29)7-4-8-25(31)32-17-24(30)28-20-13-15-22(16-14-20)33-21-5-2-1-3-6-21/h1-3,5-6,9-16H,4,7-8,17H2,(H,27,29)(H,28,30). The summed E-state index contributed by atoms with van der Waals surface area (Å²) < 4.78 is 23.5. The monoisotopic (exact) mass is 450 g/mol. The predicted octanol–water partition coefficient (Wildman–Crippen LogP) is 4.91. The van der Waals surface area contributed by atoms with Crippen LogP contribution in [-0.4, -0.2) is 24.4 Å². The quantitative estimate of drug-likeness (QED) is 0.428. The van der Waals surface area contributed by atoms with Crippen molar-refractivity contribution in [3.8, 4) is 11.5 Å². The number of anilines is 2. The summed E-state index contributed by atoms with van der Waals surface area (Å²) in [5, 5.41) is 5.24. The number of nitrogens with one attached hydrogen (secondary N) is 2. The predicted molar refractivity (Wildman–Crippen MR) is 121 cm³/mol. The lowest BCUT2D eigenvalue weighted by atomic mass is 10.2. The van der Waals surface area contributed by atoms with E-state index in [1.165, 1.54) is 24.3 Å². The van der Waals surface area contributed by atoms with Gasteiger partial charge in [0.1, 0.15) is 17.3 Å². The number of hydrogen-bond donors (Lipinski definition) is 2. The molecule has 0 saturated carbocycles. The molecule has 0 bridgehead atoms. The van der Waals surface area contributed by atoms with Gasteiger partial charge < -0.3 is 20.1 Å². The third kappa shape index (κ3) is 8.45. The molecule has 0 fully saturated rings. The summed E-state index contributed by atoms with van der Waals surface area (Å²) in [7, 11) is 0. The third-order valence-corrected chi connectivity index (χ3v) is 4.39. The molecule has 0 aliphatic heterocycles. The summed E-state index contributed by atoms with van der Waals surface area (Å²) in [5.74, 6) is -0.426. The number of carbonyl (C=O) groups excluding carboxylic acids is 3. The molecule has 0 aliphatic carbocycles. The van der Waals surface area contributed by atoms with Gasteiger partial charge in [-0.2, -0.15) is 0 Å². The van der Waals surface area contributed by atoms with Gasteiger partial charge in [-0.25, -0.2) is 4.39 Å². The molecular formula is C25H23FN2O5. The number of halogens is 1. The lowest BCUT2D eigenvalue weighted by Crippen LogP contribution is -2.21. The Hall–Kier alpha value is -4.20. The first-order valence-corrected chi connectivity index (χ1v) is 10.3. The minimum Gasteiger partial charge on any atom is -0.457 e. The van der Waals surface area contributed by atoms with Crippen LogP contribution < -0.4 is 15.4 Å². The van der Waals surface area contributed by atoms with Crippen LogP contribution in [0.25, 0.3) is 0 Å². The Bertz CT molecular complexity index is 1070. The van der Waals surface area contributed by atoms with Crippen LogP contribution in [0.1, 0.15) is 19.3 Å². The fourth-order valence-electron chi connectivity index (χ4n) is 2.80. The van der Waals surface area contributed by atoms with Gasteiger partial charge in [0.2, 0.25) is 5.91 Å². The van der Waals surface area contributed by atoms with Crippen LogP contribution in [-0.2, 0) is 19.1 Å². The zero-order chi connectivity index (χ0) is 23.5. The van der Waals surface area contributed by atoms with Gasteiger partial charge >= 0.3 is 5.97 Å². The summed E-state index contributed by atoms with van der Waals surface area (Å²) in [5.41, 5.74) is 1.01. The van der Waals surface area contributed by atoms with Gasteiger partial charge in [-0.15, -0.1) is 0 Å². The molecule has 0 atom stereocenters. The van der Waals surface area contributed by atoms with Crippen LogP contribution in [0.5, 0.6) is 11.5 Å². The van der Waals surface area contributed by atoms with Crippen molar-refractivity contribution in [2.24, 2.45) is 0 Å². The average Bonchev–Trinajstić information content (AvgIpc) is 2.81. The topological polar surface area (TPSA) is 93.7 Å². The van der Waals surface area contributed by atoms with Crippen LogP contribution >= 0.6 is 0 Å². The van der Waals surface area contributed by atoms with Gasteiger partial charge in [-0.05, 0) is 67.1 Å². The Morgan fingerprint density at radius 1 is 0.697 bits per heavy atom. The van der Waals surface area contributed by atoms with Gasteiger partial charge in [0.15, 0.2) is 6.61 Å². The van der Waals surface area contributed by atoms with Crippen molar-refractivity contribution in [2.75, 3.05) is 17.2 Å². The molecule has 0 aliphatic rings. The normalized spacial score (nSPS) is 10.2. The van der Waals surface area contributed by atoms with Crippen molar-refractivity contribution in [1.29, 1.82) is 0 Å². The molecule has 0 radical (unpaired) electrons. The zero-order valence-corrected chi connectivity index (χ0v) is 17.8. The molecule has 3 rings (SSSR count). The van der Waals surface area contributed by atoms with Gasteiger partial charge in [0.05, 0.1) is 0 Å². The smallest absolute Gasteiger partial charge is 0.306 e. The molecule has 7 nitrogen and oxygen atoms in total. The molecule has 0 unspecified atom stereocenters. The fraction of sp³-hybridized carbons (Fsp3) is 0.160. The second kappa shape index (κ2) is 12.0. The molecule has 2 N–H and O–H groups in total. The Labute approximate surface area is 190 Å². The molecule has 33 heavy (non-hydrogen) atoms. The van der Waals surface area contributed by atoms with Gasteiger partial charge in [-0.1, -0.05) is 18.2 Å². The van der Waals surface area contributed by atoms with E-state index in [-0.39, 0.29) is 25.2 Å². The van der Waals surface area contributed by atoms with Crippen molar-refractivity contribution in [2.45, 2.75) is 19.3 Å². The van der Waals surface area contributed by atoms with Gasteiger partial charge in [-0.3, -0.25) is 14.4 Å². The molecule has 3 aromatic rings. The minimum absolute atomic E-state index is 0.00433. The van der Waals surface area contributed by atoms with E-state index in [2.05, 4.69) is 10.6 Å². The molecule has 0 saturated heterocycles. The molecule has 0 aromatic heterocycles. The zero-order valence-electron chi connectivity index (χ0n) is 17.8. The second-order valence-electron chi connectivity index (χ2n) is 7.06. The SMILES string of the molecule is O=C(CCCC(=O)OCC(=O)Nc1ccc(Oc2ccccc2)cc1)Nc1ccc(F)cc1. The summed E-state index contributed by atoms with van der Waals surface area (Å²) in [4.78, 5) is 35.6. The van der Waals surface area contributed by atoms with Crippen molar-refractivity contribution in [1.82, 2.24) is 0 Å². The Morgan fingerprint density at radius 2 is 1.27 bits per heavy atom. The van der Waals surface area contributed by atoms with E-state index < -0.39 is 24.3 Å². The van der Waals surface area contributed by atoms with Crippen LogP contribution in [0.4, 0.5) is 15.8 Å². The number of hydrogen-bond acceptors (Lipinski definition) is 5. The maximum absolute atomic E-state index is 12.9. The highest BCUT2D eigenvalue weighted by Gasteiger charge is 2.10. The lowest BCUT2D eigenvalue weighted by Gasteiger charge is -2.09. The first-order chi connectivity index (χ1) is 16.0. The van der Waals surface area contributed by atoms with Crippen molar-refractivity contribution >= 4 is 29.2 Å². The van der Waals surface area contributed by atoms with Gasteiger partial charge in [0, 0.05) is 24.2 Å². The van der Waals surface area contributed by atoms with Crippen molar-refractivity contribution < 1.29 is 28.2 Å². The number of benzene rings is 3.